The molecule has 0 saturated heterocycles. The van der Waals surface area contributed by atoms with E-state index >= 15 is 0 Å². The van der Waals surface area contributed by atoms with E-state index in [1.165, 1.54) is 11.1 Å². The molecule has 0 aromatic heterocycles. The fourth-order valence-corrected chi connectivity index (χ4v) is 5.77. The Morgan fingerprint density at radius 2 is 1.00 bits per heavy atom. The quantitative estimate of drug-likeness (QED) is 0.174. The summed E-state index contributed by atoms with van der Waals surface area (Å²) < 4.78 is 0. The molecule has 0 aliphatic heterocycles. The highest BCUT2D eigenvalue weighted by Gasteiger charge is 2.22. The summed E-state index contributed by atoms with van der Waals surface area (Å²) in [6.45, 7) is 21.7. The molecule has 4 nitrogen and oxygen atoms in total. The van der Waals surface area contributed by atoms with Crippen LogP contribution in [0, 0.1) is 11.8 Å². The topological polar surface area (TPSA) is 65.2 Å². The molecule has 244 valence electrons. The number of nitrogens with zero attached hydrogens (tertiary/aromatic N) is 2. The zero-order valence-electron chi connectivity index (χ0n) is 29.7. The minimum atomic E-state index is -0.202. The van der Waals surface area contributed by atoms with Crippen LogP contribution in [0.15, 0.2) is 70.6 Å². The second-order valence-corrected chi connectivity index (χ2v) is 15.7. The number of fused-ring (bicyclic) bond motifs is 1. The van der Waals surface area contributed by atoms with Crippen LogP contribution in [0.2, 0.25) is 0 Å². The molecule has 0 atom stereocenters. The number of hydrogen-bond acceptors (Lipinski definition) is 4. The van der Waals surface area contributed by atoms with Gasteiger partial charge in [-0.3, -0.25) is 9.98 Å². The number of phenols is 2. The summed E-state index contributed by atoms with van der Waals surface area (Å²) in [5, 5.41) is 24.6. The minimum absolute atomic E-state index is 0.202. The van der Waals surface area contributed by atoms with Gasteiger partial charge in [-0.25, -0.2) is 0 Å². The molecular formula is C42H54N2O2. The number of hydrogen-bond donors (Lipinski definition) is 2. The Morgan fingerprint density at radius 3 is 1.35 bits per heavy atom. The lowest BCUT2D eigenvalue weighted by Gasteiger charge is -2.23. The molecule has 46 heavy (non-hydrogen) atoms. The highest BCUT2D eigenvalue weighted by Crippen LogP contribution is 2.38. The second kappa shape index (κ2) is 14.2. The van der Waals surface area contributed by atoms with E-state index in [0.29, 0.717) is 11.8 Å². The van der Waals surface area contributed by atoms with Crippen molar-refractivity contribution < 1.29 is 10.2 Å². The van der Waals surface area contributed by atoms with E-state index in [9.17, 15) is 10.2 Å². The van der Waals surface area contributed by atoms with Crippen LogP contribution in [0.1, 0.15) is 115 Å². The fraction of sp³-hybridized carbons (Fsp3) is 0.429. The molecule has 4 heteroatoms. The molecule has 0 aliphatic rings. The molecule has 2 N–H and O–H groups in total. The van der Waals surface area contributed by atoms with Gasteiger partial charge in [-0.05, 0) is 89.1 Å². The summed E-state index contributed by atoms with van der Waals surface area (Å²) in [6.07, 6.45) is 7.66. The zero-order valence-corrected chi connectivity index (χ0v) is 29.7. The monoisotopic (exact) mass is 618 g/mol. The normalized spacial score (nSPS) is 12.9. The van der Waals surface area contributed by atoms with E-state index in [2.05, 4.69) is 106 Å². The first kappa shape index (κ1) is 34.9. The van der Waals surface area contributed by atoms with Crippen molar-refractivity contribution in [3.05, 3.63) is 94.0 Å². The van der Waals surface area contributed by atoms with Crippen LogP contribution >= 0.6 is 0 Å². The van der Waals surface area contributed by atoms with E-state index < -0.39 is 0 Å². The third kappa shape index (κ3) is 8.66. The van der Waals surface area contributed by atoms with Crippen LogP contribution in [0.4, 0.5) is 11.4 Å². The highest BCUT2D eigenvalue weighted by atomic mass is 16.3. The standard InChI is InChI=1S/C42H54N2O2/c1-27(2)17-19-29-21-32(39(45)34(23-29)41(5,6)7)25-43-36-15-11-13-31-14-12-16-37(38(31)36)44-26-33-22-30(20-18-28(3)4)24-35(40(33)46)42(8,9)10/h11-16,21-28,45-46H,17-20H2,1-10H3. The van der Waals surface area contributed by atoms with Crippen molar-refractivity contribution in [2.45, 2.75) is 106 Å². The van der Waals surface area contributed by atoms with Gasteiger partial charge in [0.15, 0.2) is 0 Å². The number of aromatic hydroxyl groups is 2. The predicted molar refractivity (Wildman–Crippen MR) is 198 cm³/mol. The van der Waals surface area contributed by atoms with Crippen molar-refractivity contribution in [3.63, 3.8) is 0 Å². The number of benzene rings is 4. The van der Waals surface area contributed by atoms with Crippen molar-refractivity contribution in [2.75, 3.05) is 0 Å². The van der Waals surface area contributed by atoms with Gasteiger partial charge in [0, 0.05) is 40.1 Å². The Balaban J connectivity index is 1.79. The molecule has 0 radical (unpaired) electrons. The molecule has 0 amide bonds. The van der Waals surface area contributed by atoms with Gasteiger partial charge in [0.05, 0.1) is 11.4 Å². The first-order valence-corrected chi connectivity index (χ1v) is 16.9. The number of aliphatic imine (C=N–C) groups is 2. The fourth-order valence-electron chi connectivity index (χ4n) is 5.77. The van der Waals surface area contributed by atoms with Gasteiger partial charge in [-0.1, -0.05) is 106 Å². The first-order chi connectivity index (χ1) is 21.5. The lowest BCUT2D eigenvalue weighted by Crippen LogP contribution is -2.13. The van der Waals surface area contributed by atoms with Gasteiger partial charge >= 0.3 is 0 Å². The molecule has 0 fully saturated rings. The van der Waals surface area contributed by atoms with Gasteiger partial charge in [0.25, 0.3) is 0 Å². The largest absolute Gasteiger partial charge is 0.507 e. The van der Waals surface area contributed by atoms with Gasteiger partial charge in [0.2, 0.25) is 0 Å². The lowest BCUT2D eigenvalue weighted by molar-refractivity contribution is 0.444. The first-order valence-electron chi connectivity index (χ1n) is 16.9. The van der Waals surface area contributed by atoms with Crippen LogP contribution in [0.5, 0.6) is 11.5 Å². The molecule has 0 saturated carbocycles. The van der Waals surface area contributed by atoms with Crippen LogP contribution in [0.25, 0.3) is 10.8 Å². The maximum atomic E-state index is 11.3. The predicted octanol–water partition coefficient (Wildman–Crippen LogP) is 11.5. The molecule has 4 rings (SSSR count). The molecule has 0 heterocycles. The Labute approximate surface area is 277 Å². The van der Waals surface area contributed by atoms with Crippen molar-refractivity contribution in [1.82, 2.24) is 0 Å². The van der Waals surface area contributed by atoms with Crippen LogP contribution in [-0.2, 0) is 23.7 Å². The highest BCUT2D eigenvalue weighted by molar-refractivity contribution is 6.04. The Hall–Kier alpha value is -3.92. The number of rotatable bonds is 10. The number of aryl methyl sites for hydroxylation is 2. The number of phenolic OH excluding ortho intramolecular Hbond substituents is 2. The molecule has 0 aliphatic carbocycles. The van der Waals surface area contributed by atoms with E-state index in [1.54, 1.807) is 12.4 Å². The molecule has 4 aromatic rings. The van der Waals surface area contributed by atoms with Gasteiger partial charge in [-0.15, -0.1) is 0 Å². The second-order valence-electron chi connectivity index (χ2n) is 15.7. The van der Waals surface area contributed by atoms with Crippen LogP contribution < -0.4 is 0 Å². The Kier molecular flexibility index (Phi) is 10.8. The summed E-state index contributed by atoms with van der Waals surface area (Å²) in [6, 6.07) is 20.6. The Morgan fingerprint density at radius 1 is 0.609 bits per heavy atom. The van der Waals surface area contributed by atoms with E-state index in [0.717, 1.165) is 70.1 Å². The zero-order chi connectivity index (χ0) is 33.8. The average molecular weight is 619 g/mol. The van der Waals surface area contributed by atoms with Crippen molar-refractivity contribution in [1.29, 1.82) is 0 Å². The van der Waals surface area contributed by atoms with Crippen molar-refractivity contribution in [3.8, 4) is 11.5 Å². The van der Waals surface area contributed by atoms with Crippen LogP contribution in [0.3, 0.4) is 0 Å². The summed E-state index contributed by atoms with van der Waals surface area (Å²) >= 11 is 0. The molecule has 4 aromatic carbocycles. The lowest BCUT2D eigenvalue weighted by atomic mass is 9.83. The van der Waals surface area contributed by atoms with E-state index in [-0.39, 0.29) is 22.3 Å². The van der Waals surface area contributed by atoms with E-state index in [4.69, 9.17) is 9.98 Å². The van der Waals surface area contributed by atoms with Gasteiger partial charge < -0.3 is 10.2 Å². The minimum Gasteiger partial charge on any atom is -0.507 e. The van der Waals surface area contributed by atoms with Crippen LogP contribution in [-0.4, -0.2) is 22.6 Å². The van der Waals surface area contributed by atoms with Gasteiger partial charge in [0.1, 0.15) is 11.5 Å². The molecule has 0 spiro atoms. The van der Waals surface area contributed by atoms with E-state index in [1.807, 2.05) is 24.3 Å². The maximum absolute atomic E-state index is 11.3. The smallest absolute Gasteiger partial charge is 0.128 e. The maximum Gasteiger partial charge on any atom is 0.128 e. The average Bonchev–Trinajstić information content (AvgIpc) is 2.97. The Bertz CT molecular complexity index is 1610. The summed E-state index contributed by atoms with van der Waals surface area (Å²) in [5.41, 5.74) is 6.89. The third-order valence-corrected chi connectivity index (χ3v) is 8.58. The SMILES string of the molecule is CC(C)CCc1cc(C=Nc2cccc3cccc(N=Cc4cc(CCC(C)C)cc(C(C)(C)C)c4O)c23)c(O)c(C(C)(C)C)c1. The molecular weight excluding hydrogens is 564 g/mol. The van der Waals surface area contributed by atoms with Gasteiger partial charge in [-0.2, -0.15) is 0 Å². The van der Waals surface area contributed by atoms with Crippen molar-refractivity contribution >= 4 is 34.6 Å². The molecule has 0 bridgehead atoms. The summed E-state index contributed by atoms with van der Waals surface area (Å²) in [7, 11) is 0. The summed E-state index contributed by atoms with van der Waals surface area (Å²) in [4.78, 5) is 9.90. The van der Waals surface area contributed by atoms with Crippen molar-refractivity contribution in [2.24, 2.45) is 21.8 Å². The molecule has 0 unspecified atom stereocenters. The summed E-state index contributed by atoms with van der Waals surface area (Å²) in [5.74, 6) is 1.77. The third-order valence-electron chi connectivity index (χ3n) is 8.58.